The number of fused-ring (bicyclic) bond motifs is 1. The number of nitrogens with zero attached hydrogens (tertiary/aromatic N) is 3. The van der Waals surface area contributed by atoms with Crippen LogP contribution in [0.3, 0.4) is 0 Å². The van der Waals surface area contributed by atoms with Gasteiger partial charge >= 0.3 is 11.9 Å². The third-order valence-corrected chi connectivity index (χ3v) is 3.88. The molecule has 10 nitrogen and oxygen atoms in total. The average Bonchev–Trinajstić information content (AvgIpc) is 3.09. The lowest BCUT2D eigenvalue weighted by Gasteiger charge is -2.19. The Labute approximate surface area is 142 Å². The van der Waals surface area contributed by atoms with Gasteiger partial charge in [-0.25, -0.2) is 9.97 Å². The van der Waals surface area contributed by atoms with Gasteiger partial charge in [0, 0.05) is 20.0 Å². The number of esters is 2. The summed E-state index contributed by atoms with van der Waals surface area (Å²) in [5.74, 6) is -0.788. The Morgan fingerprint density at radius 3 is 2.80 bits per heavy atom. The molecule has 0 radical (unpaired) electrons. The predicted octanol–water partition coefficient (Wildman–Crippen LogP) is -0.233. The van der Waals surface area contributed by atoms with Crippen molar-refractivity contribution in [1.29, 1.82) is 0 Å². The summed E-state index contributed by atoms with van der Waals surface area (Å²) in [5, 5.41) is 11.2. The van der Waals surface area contributed by atoms with Crippen LogP contribution in [0, 0.1) is 0 Å². The molecule has 3 N–H and O–H groups in total. The first-order valence-corrected chi connectivity index (χ1v) is 7.59. The van der Waals surface area contributed by atoms with Crippen molar-refractivity contribution in [1.82, 2.24) is 14.5 Å². The molecule has 1 saturated heterocycles. The maximum Gasteiger partial charge on any atom is 0.303 e. The number of nitrogens with two attached hydrogens (primary N) is 1. The van der Waals surface area contributed by atoms with Crippen LogP contribution < -0.4 is 5.73 Å². The SMILES string of the molecule is CC(=O)OC[C@H]1O[C@@H](n2ccc3c(N)ncnc32)[C@@H](O)[C@@H]1OC(C)=O. The highest BCUT2D eigenvalue weighted by atomic mass is 16.6. The Balaban J connectivity index is 1.91. The molecule has 0 aliphatic carbocycles. The minimum Gasteiger partial charge on any atom is -0.463 e. The van der Waals surface area contributed by atoms with E-state index in [1.807, 2.05) is 0 Å². The van der Waals surface area contributed by atoms with Crippen LogP contribution in [-0.2, 0) is 23.8 Å². The van der Waals surface area contributed by atoms with E-state index in [9.17, 15) is 14.7 Å². The van der Waals surface area contributed by atoms with Gasteiger partial charge in [-0.3, -0.25) is 9.59 Å². The summed E-state index contributed by atoms with van der Waals surface area (Å²) in [6.07, 6.45) is -0.936. The molecule has 0 saturated carbocycles. The molecule has 0 bridgehead atoms. The molecule has 0 unspecified atom stereocenters. The van der Waals surface area contributed by atoms with E-state index in [0.29, 0.717) is 16.9 Å². The van der Waals surface area contributed by atoms with Crippen molar-refractivity contribution in [2.75, 3.05) is 12.3 Å². The first kappa shape index (κ1) is 17.1. The number of nitrogen functional groups attached to an aromatic ring is 1. The van der Waals surface area contributed by atoms with Gasteiger partial charge in [-0.05, 0) is 6.07 Å². The van der Waals surface area contributed by atoms with Crippen molar-refractivity contribution in [2.45, 2.75) is 38.4 Å². The quantitative estimate of drug-likeness (QED) is 0.715. The first-order chi connectivity index (χ1) is 11.9. The van der Waals surface area contributed by atoms with E-state index >= 15 is 0 Å². The fourth-order valence-corrected chi connectivity index (χ4v) is 2.82. The number of aliphatic hydroxyl groups excluding tert-OH is 1. The van der Waals surface area contributed by atoms with Gasteiger partial charge in [0.25, 0.3) is 0 Å². The fraction of sp³-hybridized carbons (Fsp3) is 0.467. The molecule has 0 spiro atoms. The standard InChI is InChI=1S/C15H18N4O6/c1-7(20)23-5-10-12(24-8(2)21)11(22)15(25-10)19-4-3-9-13(16)17-6-18-14(9)19/h3-4,6,10-12,15,22H,5H2,1-2H3,(H2,16,17,18)/t10-,11+,12-,15-/m1/s1. The van der Waals surface area contributed by atoms with Gasteiger partial charge in [-0.2, -0.15) is 0 Å². The van der Waals surface area contributed by atoms with Crippen molar-refractivity contribution in [3.8, 4) is 0 Å². The first-order valence-electron chi connectivity index (χ1n) is 7.59. The molecule has 0 amide bonds. The summed E-state index contributed by atoms with van der Waals surface area (Å²) >= 11 is 0. The van der Waals surface area contributed by atoms with Crippen LogP contribution in [0.2, 0.25) is 0 Å². The van der Waals surface area contributed by atoms with Gasteiger partial charge in [-0.15, -0.1) is 0 Å². The molecule has 10 heteroatoms. The van der Waals surface area contributed by atoms with Crippen LogP contribution in [0.15, 0.2) is 18.6 Å². The molecule has 0 aromatic carbocycles. The van der Waals surface area contributed by atoms with E-state index in [4.69, 9.17) is 19.9 Å². The lowest BCUT2D eigenvalue weighted by molar-refractivity contribution is -0.157. The van der Waals surface area contributed by atoms with E-state index in [0.717, 1.165) is 0 Å². The minimum absolute atomic E-state index is 0.156. The third-order valence-electron chi connectivity index (χ3n) is 3.88. The molecular weight excluding hydrogens is 332 g/mol. The highest BCUT2D eigenvalue weighted by Crippen LogP contribution is 2.34. The number of aliphatic hydroxyl groups is 1. The number of carbonyl (C=O) groups excluding carboxylic acids is 2. The largest absolute Gasteiger partial charge is 0.463 e. The molecule has 1 aliphatic heterocycles. The third kappa shape index (κ3) is 3.26. The Kier molecular flexibility index (Phi) is 4.55. The lowest BCUT2D eigenvalue weighted by Crippen LogP contribution is -2.38. The predicted molar refractivity (Wildman–Crippen MR) is 84.0 cm³/mol. The minimum atomic E-state index is -1.18. The van der Waals surface area contributed by atoms with E-state index in [2.05, 4.69) is 9.97 Å². The molecule has 4 atom stereocenters. The zero-order chi connectivity index (χ0) is 18.1. The zero-order valence-corrected chi connectivity index (χ0v) is 13.7. The van der Waals surface area contributed by atoms with E-state index in [-0.39, 0.29) is 6.61 Å². The zero-order valence-electron chi connectivity index (χ0n) is 13.7. The van der Waals surface area contributed by atoms with Gasteiger partial charge in [0.15, 0.2) is 12.3 Å². The molecule has 1 aliphatic rings. The summed E-state index contributed by atoms with van der Waals surface area (Å²) in [6, 6.07) is 1.70. The molecule has 1 fully saturated rings. The summed E-state index contributed by atoms with van der Waals surface area (Å²) in [4.78, 5) is 30.4. The van der Waals surface area contributed by atoms with Crippen LogP contribution in [0.5, 0.6) is 0 Å². The lowest BCUT2D eigenvalue weighted by atomic mass is 10.1. The van der Waals surface area contributed by atoms with Gasteiger partial charge < -0.3 is 29.6 Å². The van der Waals surface area contributed by atoms with Crippen molar-refractivity contribution in [3.63, 3.8) is 0 Å². The molecule has 25 heavy (non-hydrogen) atoms. The molecule has 134 valence electrons. The van der Waals surface area contributed by atoms with Crippen LogP contribution in [0.4, 0.5) is 5.82 Å². The van der Waals surface area contributed by atoms with Gasteiger partial charge in [0.2, 0.25) is 0 Å². The highest BCUT2D eigenvalue weighted by Gasteiger charge is 2.47. The number of anilines is 1. The Morgan fingerprint density at radius 1 is 1.36 bits per heavy atom. The van der Waals surface area contributed by atoms with E-state index in [1.54, 1.807) is 16.8 Å². The molecular formula is C15H18N4O6. The smallest absolute Gasteiger partial charge is 0.303 e. The van der Waals surface area contributed by atoms with Crippen molar-refractivity contribution in [3.05, 3.63) is 18.6 Å². The van der Waals surface area contributed by atoms with Gasteiger partial charge in [-0.1, -0.05) is 0 Å². The van der Waals surface area contributed by atoms with Crippen LogP contribution >= 0.6 is 0 Å². The van der Waals surface area contributed by atoms with Crippen molar-refractivity contribution < 1.29 is 28.9 Å². The Morgan fingerprint density at radius 2 is 2.12 bits per heavy atom. The maximum atomic E-state index is 11.3. The maximum absolute atomic E-state index is 11.3. The number of hydrogen-bond acceptors (Lipinski definition) is 9. The topological polar surface area (TPSA) is 139 Å². The molecule has 3 rings (SSSR count). The Hall–Kier alpha value is -2.72. The van der Waals surface area contributed by atoms with Crippen molar-refractivity contribution in [2.24, 2.45) is 0 Å². The molecule has 2 aromatic rings. The number of hydrogen-bond donors (Lipinski definition) is 2. The average molecular weight is 350 g/mol. The highest BCUT2D eigenvalue weighted by molar-refractivity contribution is 5.86. The van der Waals surface area contributed by atoms with Crippen LogP contribution in [0.1, 0.15) is 20.1 Å². The summed E-state index contributed by atoms with van der Waals surface area (Å²) in [5.41, 5.74) is 6.27. The number of carbonyl (C=O) groups is 2. The normalized spacial score (nSPS) is 25.9. The molecule has 2 aromatic heterocycles. The van der Waals surface area contributed by atoms with Gasteiger partial charge in [0.05, 0.1) is 5.39 Å². The van der Waals surface area contributed by atoms with Crippen molar-refractivity contribution >= 4 is 28.8 Å². The van der Waals surface area contributed by atoms with E-state index in [1.165, 1.54) is 20.2 Å². The second kappa shape index (κ2) is 6.65. The second-order valence-electron chi connectivity index (χ2n) is 5.65. The summed E-state index contributed by atoms with van der Waals surface area (Å²) < 4.78 is 17.5. The monoisotopic (exact) mass is 350 g/mol. The second-order valence-corrected chi connectivity index (χ2v) is 5.65. The number of rotatable bonds is 4. The fourth-order valence-electron chi connectivity index (χ4n) is 2.82. The summed E-state index contributed by atoms with van der Waals surface area (Å²) in [6.45, 7) is 2.32. The van der Waals surface area contributed by atoms with Gasteiger partial charge in [0.1, 0.15) is 36.6 Å². The van der Waals surface area contributed by atoms with Crippen LogP contribution in [0.25, 0.3) is 11.0 Å². The molecule has 3 heterocycles. The van der Waals surface area contributed by atoms with E-state index < -0.39 is 36.5 Å². The van der Waals surface area contributed by atoms with Crippen LogP contribution in [-0.4, -0.2) is 56.5 Å². The Bertz CT molecular complexity index is 806. The number of ether oxygens (including phenoxy) is 3. The number of aromatic nitrogens is 3. The summed E-state index contributed by atoms with van der Waals surface area (Å²) in [7, 11) is 0.